The van der Waals surface area contributed by atoms with Gasteiger partial charge in [-0.05, 0) is 40.9 Å². The molecule has 0 aliphatic heterocycles. The average Bonchev–Trinajstić information content (AvgIpc) is 2.47. The maximum atomic E-state index is 4.54. The molecule has 0 bridgehead atoms. The highest BCUT2D eigenvalue weighted by Gasteiger charge is 2.17. The molecule has 0 radical (unpaired) electrons. The second-order valence-corrected chi connectivity index (χ2v) is 6.82. The summed E-state index contributed by atoms with van der Waals surface area (Å²) in [6, 6.07) is 0. The summed E-state index contributed by atoms with van der Waals surface area (Å²) in [5.74, 6) is 1.97. The number of thioether (sulfide) groups is 1. The highest BCUT2D eigenvalue weighted by molar-refractivity contribution is 7.99. The molecule has 0 atom stereocenters. The molecule has 6 nitrogen and oxygen atoms in total. The standard InChI is InChI=1S/C14H28N6S/c1-7-15-11-17-12(16-10-14(4,5)21-6)19-13(18-11)20(8-2)9-3/h7-10H2,1-6H3,(H2,15,16,17,18,19). The Balaban J connectivity index is 2.96. The van der Waals surface area contributed by atoms with E-state index in [0.29, 0.717) is 11.9 Å². The van der Waals surface area contributed by atoms with Gasteiger partial charge in [0, 0.05) is 30.9 Å². The van der Waals surface area contributed by atoms with Crippen LogP contribution in [0, 0.1) is 0 Å². The average molecular weight is 312 g/mol. The van der Waals surface area contributed by atoms with Gasteiger partial charge in [0.2, 0.25) is 17.8 Å². The summed E-state index contributed by atoms with van der Waals surface area (Å²) in [6.07, 6.45) is 2.11. The number of hydrogen-bond acceptors (Lipinski definition) is 7. The quantitative estimate of drug-likeness (QED) is 0.726. The normalized spacial score (nSPS) is 11.3. The van der Waals surface area contributed by atoms with Crippen LogP contribution in [-0.2, 0) is 0 Å². The predicted octanol–water partition coefficient (Wildman–Crippen LogP) is 2.70. The van der Waals surface area contributed by atoms with Crippen molar-refractivity contribution >= 4 is 29.6 Å². The van der Waals surface area contributed by atoms with Crippen molar-refractivity contribution in [2.45, 2.75) is 39.4 Å². The Hall–Kier alpha value is -1.24. The predicted molar refractivity (Wildman–Crippen MR) is 93.6 cm³/mol. The first-order valence-corrected chi connectivity index (χ1v) is 8.72. The van der Waals surface area contributed by atoms with E-state index in [1.165, 1.54) is 0 Å². The minimum absolute atomic E-state index is 0.139. The molecule has 1 aromatic heterocycles. The molecular formula is C14H28N6S. The first-order chi connectivity index (χ1) is 9.95. The maximum absolute atomic E-state index is 4.54. The summed E-state index contributed by atoms with van der Waals surface area (Å²) in [5.41, 5.74) is 0. The van der Waals surface area contributed by atoms with Crippen molar-refractivity contribution in [3.8, 4) is 0 Å². The van der Waals surface area contributed by atoms with E-state index in [0.717, 1.165) is 32.1 Å². The smallest absolute Gasteiger partial charge is 0.231 e. The van der Waals surface area contributed by atoms with E-state index in [-0.39, 0.29) is 4.75 Å². The molecular weight excluding hydrogens is 284 g/mol. The fraction of sp³-hybridized carbons (Fsp3) is 0.786. The highest BCUT2D eigenvalue weighted by Crippen LogP contribution is 2.21. The van der Waals surface area contributed by atoms with Gasteiger partial charge in [-0.3, -0.25) is 0 Å². The number of nitrogens with one attached hydrogen (secondary N) is 2. The summed E-state index contributed by atoms with van der Waals surface area (Å²) in [5, 5.41) is 6.50. The molecule has 7 heteroatoms. The number of hydrogen-bond donors (Lipinski definition) is 2. The molecule has 21 heavy (non-hydrogen) atoms. The van der Waals surface area contributed by atoms with Crippen molar-refractivity contribution in [2.24, 2.45) is 0 Å². The van der Waals surface area contributed by atoms with Crippen LogP contribution in [0.25, 0.3) is 0 Å². The molecule has 0 aromatic carbocycles. The monoisotopic (exact) mass is 312 g/mol. The van der Waals surface area contributed by atoms with Crippen LogP contribution < -0.4 is 15.5 Å². The lowest BCUT2D eigenvalue weighted by molar-refractivity contribution is 0.742. The maximum Gasteiger partial charge on any atom is 0.231 e. The Bertz CT molecular complexity index is 433. The van der Waals surface area contributed by atoms with Crippen LogP contribution in [0.1, 0.15) is 34.6 Å². The molecule has 0 aliphatic rings. The Morgan fingerprint density at radius 1 is 1.00 bits per heavy atom. The molecule has 120 valence electrons. The van der Waals surface area contributed by atoms with E-state index in [2.05, 4.69) is 64.4 Å². The van der Waals surface area contributed by atoms with E-state index >= 15 is 0 Å². The molecule has 0 aliphatic carbocycles. The van der Waals surface area contributed by atoms with Crippen molar-refractivity contribution in [1.29, 1.82) is 0 Å². The zero-order valence-corrected chi connectivity index (χ0v) is 14.8. The van der Waals surface area contributed by atoms with Gasteiger partial charge in [-0.2, -0.15) is 26.7 Å². The van der Waals surface area contributed by atoms with Crippen LogP contribution in [0.15, 0.2) is 0 Å². The zero-order valence-electron chi connectivity index (χ0n) is 14.0. The topological polar surface area (TPSA) is 66.0 Å². The van der Waals surface area contributed by atoms with E-state index in [4.69, 9.17) is 0 Å². The van der Waals surface area contributed by atoms with Gasteiger partial charge in [0.1, 0.15) is 0 Å². The molecule has 0 amide bonds. The number of aromatic nitrogens is 3. The first kappa shape index (κ1) is 17.8. The summed E-state index contributed by atoms with van der Waals surface area (Å²) >= 11 is 1.82. The van der Waals surface area contributed by atoms with Gasteiger partial charge in [-0.1, -0.05) is 0 Å². The molecule has 0 unspecified atom stereocenters. The van der Waals surface area contributed by atoms with Gasteiger partial charge in [-0.15, -0.1) is 0 Å². The SMILES string of the molecule is CCNc1nc(NCC(C)(C)SC)nc(N(CC)CC)n1. The summed E-state index contributed by atoms with van der Waals surface area (Å²) in [7, 11) is 0. The second-order valence-electron chi connectivity index (χ2n) is 5.30. The van der Waals surface area contributed by atoms with Crippen LogP contribution in [0.3, 0.4) is 0 Å². The lowest BCUT2D eigenvalue weighted by Crippen LogP contribution is -2.28. The molecule has 1 aromatic rings. The second kappa shape index (κ2) is 8.26. The molecule has 1 rings (SSSR count). The minimum atomic E-state index is 0.139. The van der Waals surface area contributed by atoms with Crippen LogP contribution in [0.5, 0.6) is 0 Å². The summed E-state index contributed by atoms with van der Waals surface area (Å²) < 4.78 is 0.139. The minimum Gasteiger partial charge on any atom is -0.354 e. The zero-order chi connectivity index (χ0) is 15.9. The van der Waals surface area contributed by atoms with Gasteiger partial charge < -0.3 is 15.5 Å². The number of nitrogens with zero attached hydrogens (tertiary/aromatic N) is 4. The summed E-state index contributed by atoms with van der Waals surface area (Å²) in [6.45, 7) is 14.0. The fourth-order valence-electron chi connectivity index (χ4n) is 1.69. The molecule has 0 spiro atoms. The van der Waals surface area contributed by atoms with Crippen LogP contribution in [-0.4, -0.2) is 52.1 Å². The molecule has 2 N–H and O–H groups in total. The largest absolute Gasteiger partial charge is 0.354 e. The lowest BCUT2D eigenvalue weighted by Gasteiger charge is -2.23. The van der Waals surface area contributed by atoms with Gasteiger partial charge in [-0.25, -0.2) is 0 Å². The number of rotatable bonds is 9. The van der Waals surface area contributed by atoms with Crippen molar-refractivity contribution in [1.82, 2.24) is 15.0 Å². The third-order valence-corrected chi connectivity index (χ3v) is 4.48. The van der Waals surface area contributed by atoms with Gasteiger partial charge in [0.05, 0.1) is 0 Å². The van der Waals surface area contributed by atoms with Crippen LogP contribution in [0.4, 0.5) is 17.8 Å². The van der Waals surface area contributed by atoms with Gasteiger partial charge >= 0.3 is 0 Å². The molecule has 0 fully saturated rings. The van der Waals surface area contributed by atoms with Crippen molar-refractivity contribution < 1.29 is 0 Å². The Labute approximate surface area is 132 Å². The van der Waals surface area contributed by atoms with Crippen LogP contribution >= 0.6 is 11.8 Å². The third kappa shape index (κ3) is 5.57. The Kier molecular flexibility index (Phi) is 7.01. The Morgan fingerprint density at radius 3 is 2.05 bits per heavy atom. The molecule has 0 saturated carbocycles. The third-order valence-electron chi connectivity index (χ3n) is 3.23. The summed E-state index contributed by atoms with van der Waals surface area (Å²) in [4.78, 5) is 15.6. The highest BCUT2D eigenvalue weighted by atomic mass is 32.2. The van der Waals surface area contributed by atoms with E-state index < -0.39 is 0 Å². The van der Waals surface area contributed by atoms with E-state index in [9.17, 15) is 0 Å². The van der Waals surface area contributed by atoms with Gasteiger partial charge in [0.25, 0.3) is 0 Å². The van der Waals surface area contributed by atoms with E-state index in [1.807, 2.05) is 18.7 Å². The first-order valence-electron chi connectivity index (χ1n) is 7.49. The molecule has 1 heterocycles. The van der Waals surface area contributed by atoms with Crippen molar-refractivity contribution in [3.63, 3.8) is 0 Å². The van der Waals surface area contributed by atoms with Crippen molar-refractivity contribution in [2.75, 3.05) is 48.0 Å². The van der Waals surface area contributed by atoms with Crippen LogP contribution in [0.2, 0.25) is 0 Å². The molecule has 0 saturated heterocycles. The lowest BCUT2D eigenvalue weighted by atomic mass is 10.2. The fourth-order valence-corrected chi connectivity index (χ4v) is 1.91. The number of anilines is 3. The van der Waals surface area contributed by atoms with E-state index in [1.54, 1.807) is 0 Å². The van der Waals surface area contributed by atoms with Gasteiger partial charge in [0.15, 0.2) is 0 Å². The Morgan fingerprint density at radius 2 is 1.57 bits per heavy atom. The van der Waals surface area contributed by atoms with Crippen molar-refractivity contribution in [3.05, 3.63) is 0 Å².